The van der Waals surface area contributed by atoms with Crippen LogP contribution in [0.5, 0.6) is 0 Å². The number of rotatable bonds is 17. The number of nitrogens with two attached hydrogens (primary N) is 3. The number of anilines is 7. The summed E-state index contributed by atoms with van der Waals surface area (Å²) in [5, 5.41) is 47.6. The van der Waals surface area contributed by atoms with E-state index in [-0.39, 0.29) is 130 Å². The number of ether oxygens (including phenoxy) is 2. The molecule has 6 aromatic rings. The van der Waals surface area contributed by atoms with Crippen molar-refractivity contribution in [3.8, 4) is 12.1 Å². The number of hydrogen-bond acceptors (Lipinski definition) is 25. The summed E-state index contributed by atoms with van der Waals surface area (Å²) in [5.41, 5.74) is 12.4. The minimum Gasteiger partial charge on any atom is -0.870 e. The summed E-state index contributed by atoms with van der Waals surface area (Å²) in [6.07, 6.45) is -14.1. The van der Waals surface area contributed by atoms with Gasteiger partial charge in [-0.1, -0.05) is 24.3 Å². The first kappa shape index (κ1) is 106. The van der Waals surface area contributed by atoms with E-state index in [1.807, 2.05) is 12.1 Å². The van der Waals surface area contributed by atoms with Crippen molar-refractivity contribution in [1.29, 1.82) is 10.5 Å². The molecule has 0 aliphatic heterocycles. The Morgan fingerprint density at radius 3 is 1.16 bits per heavy atom. The zero-order chi connectivity index (χ0) is 85.0. The van der Waals surface area contributed by atoms with E-state index in [1.165, 1.54) is 104 Å². The fourth-order valence-corrected chi connectivity index (χ4v) is 9.10. The maximum Gasteiger partial charge on any atom is 1.00 e. The SMILES string of the molecule is CN(CC(=O)Nc1cccc(C(F)(F)F)c1)C(=O)OC(C)(C)C.CN(CC(=O)O)C(=O)OC(C)(C)C.CNCC(=O)Nc1cccc(C(F)(F)F)c1.CNCC(=O)O.CSc1nc(N)nc(N(C)CC(=O)Nc2cccc(C(F)(F)F)c2)c1C#N.CSc1nc(N)nc(S(C)=O)c1C#N.Nc1cccc(C(F)(F)F)c1.[Na+].[OH-]. The zero-order valence-electron chi connectivity index (χ0n) is 62.7. The van der Waals surface area contributed by atoms with E-state index in [9.17, 15) is 95.7 Å². The molecule has 112 heavy (non-hydrogen) atoms. The van der Waals surface area contributed by atoms with Crippen LogP contribution in [0.3, 0.4) is 0 Å². The average Bonchev–Trinajstić information content (AvgIpc) is 0.822. The second-order valence-electron chi connectivity index (χ2n) is 23.6. The van der Waals surface area contributed by atoms with E-state index >= 15 is 0 Å². The van der Waals surface area contributed by atoms with E-state index in [4.69, 9.17) is 42.1 Å². The van der Waals surface area contributed by atoms with Crippen LogP contribution in [0.1, 0.15) is 74.9 Å². The number of aliphatic carboxylic acids is 2. The number of hydrogen-bond donors (Lipinski definition) is 10. The van der Waals surface area contributed by atoms with E-state index in [0.717, 1.165) is 58.3 Å². The van der Waals surface area contributed by atoms with Gasteiger partial charge >= 0.3 is 78.4 Å². The maximum absolute atomic E-state index is 12.7. The van der Waals surface area contributed by atoms with Crippen LogP contribution in [-0.2, 0) is 69.0 Å². The van der Waals surface area contributed by atoms with Gasteiger partial charge in [-0.2, -0.15) is 68.2 Å². The Balaban J connectivity index is -0.00000128. The minimum atomic E-state index is -4.51. The van der Waals surface area contributed by atoms with Crippen LogP contribution in [0.15, 0.2) is 112 Å². The van der Waals surface area contributed by atoms with Gasteiger partial charge in [0.05, 0.1) is 52.7 Å². The number of nitrogen functional groups attached to an aromatic ring is 3. The summed E-state index contributed by atoms with van der Waals surface area (Å²) in [7, 11) is 6.09. The fourth-order valence-electron chi connectivity index (χ4n) is 7.32. The molecule has 0 aliphatic carbocycles. The number of nitrogens with one attached hydrogen (secondary N) is 5. The molecule has 2 heterocycles. The van der Waals surface area contributed by atoms with Crippen molar-refractivity contribution in [1.82, 2.24) is 40.4 Å². The predicted molar refractivity (Wildman–Crippen MR) is 390 cm³/mol. The largest absolute Gasteiger partial charge is 1.00 e. The number of likely N-dealkylation sites (N-methyl/N-ethyl adjacent to an activating group) is 5. The smallest absolute Gasteiger partial charge is 0.870 e. The fraction of sp³-hybridized carbons (Fsp3) is 0.379. The molecule has 4 aromatic carbocycles. The number of carbonyl (C=O) groups excluding carboxylic acids is 5. The number of nitriles is 2. The summed E-state index contributed by atoms with van der Waals surface area (Å²) >= 11 is 2.48. The molecule has 1 unspecified atom stereocenters. The number of aromatic nitrogens is 4. The third kappa shape index (κ3) is 43.6. The molecule has 0 spiro atoms. The number of alkyl halides is 12. The molecule has 0 fully saturated rings. The van der Waals surface area contributed by atoms with Crippen molar-refractivity contribution in [3.05, 3.63) is 130 Å². The average molecular weight is 1670 g/mol. The quantitative estimate of drug-likeness (QED) is 0.0136. The second kappa shape index (κ2) is 49.4. The number of halogens is 12. The standard InChI is InChI=1S/C16H15F3N6OS.C15H19F3N2O3.C10H11F3N2O.C8H15NO4.C7H6F3N.C7H8N4OS2.C3H7NO2.Na.H2O/c1-25(13-11(7-20)14(27-2)24-15(21)23-13)8-12(26)22-10-5-3-4-9(6-10)16(17,18)19;1-14(2,3)23-13(22)20(4)9-12(21)19-11-7-5-6-10(8-11)15(16,17)18;1-14-6-9(16)15-8-4-2-3-7(5-8)10(11,12)13;1-8(2,3)13-7(12)9(4)5-6(10)11;8-7(9,10)5-2-1-3-6(11)4-5;1-13-5-4(3-8)6(14(2)12)11-7(9)10-5;1-4-2-3(5)6;;/h3-6H,8H2,1-2H3,(H,22,26)(H2,21,23,24);5-8H,9H2,1-4H3,(H,19,21);2-5,14H,6H2,1H3,(H,15,16);5H2,1-4H3,(H,10,11);1-4H,11H2;1-2H3,(H2,9,10,11);4H,2H2,1H3,(H,5,6);;1H2/q;;;;;;;+1;/p-1. The van der Waals surface area contributed by atoms with E-state index < -0.39 is 105 Å². The van der Waals surface area contributed by atoms with Gasteiger partial charge in [0, 0.05) is 50.1 Å². The van der Waals surface area contributed by atoms with Gasteiger partial charge in [-0.15, -0.1) is 23.5 Å². The van der Waals surface area contributed by atoms with E-state index in [0.29, 0.717) is 10.1 Å². The monoisotopic (exact) mass is 1670 g/mol. The van der Waals surface area contributed by atoms with E-state index in [1.54, 1.807) is 68.1 Å². The number of nitrogens with zero attached hydrogens (tertiary/aromatic N) is 9. The molecule has 14 N–H and O–H groups in total. The number of amides is 5. The molecule has 6 rings (SSSR count). The Morgan fingerprint density at radius 2 is 0.857 bits per heavy atom. The van der Waals surface area contributed by atoms with Crippen LogP contribution in [0.4, 0.5) is 103 Å². The Labute approximate surface area is 668 Å². The second-order valence-corrected chi connectivity index (χ2v) is 26.5. The Morgan fingerprint density at radius 1 is 0.518 bits per heavy atom. The van der Waals surface area contributed by atoms with Crippen LogP contribution in [0, 0.1) is 22.7 Å². The maximum atomic E-state index is 12.7. The molecule has 2 aromatic heterocycles. The molecule has 0 bridgehead atoms. The van der Waals surface area contributed by atoms with E-state index in [2.05, 4.69) is 46.5 Å². The molecular formula is C66H82F12N17NaO13S3. The molecule has 5 amide bonds. The van der Waals surface area contributed by atoms with Gasteiger partial charge in [-0.3, -0.25) is 28.2 Å². The van der Waals surface area contributed by atoms with Crippen LogP contribution in [0.2, 0.25) is 0 Å². The predicted octanol–water partition coefficient (Wildman–Crippen LogP) is 7.85. The van der Waals surface area contributed by atoms with Crippen LogP contribution < -0.4 is 78.2 Å². The summed E-state index contributed by atoms with van der Waals surface area (Å²) < 4.78 is 170. The summed E-state index contributed by atoms with van der Waals surface area (Å²) in [6, 6.07) is 21.5. The Hall–Kier alpha value is -10.0. The van der Waals surface area contributed by atoms with Crippen LogP contribution >= 0.6 is 23.5 Å². The van der Waals surface area contributed by atoms with Crippen LogP contribution in [-0.4, -0.2) is 189 Å². The number of benzene rings is 4. The summed E-state index contributed by atoms with van der Waals surface area (Å²) in [5.74, 6) is -3.33. The first-order valence-corrected chi connectivity index (χ1v) is 34.8. The molecule has 612 valence electrons. The third-order valence-electron chi connectivity index (χ3n) is 11.8. The van der Waals surface area contributed by atoms with Crippen molar-refractivity contribution >= 4 is 117 Å². The van der Waals surface area contributed by atoms with Crippen molar-refractivity contribution in [3.63, 3.8) is 0 Å². The molecule has 1 atom stereocenters. The van der Waals surface area contributed by atoms with Gasteiger partial charge in [0.1, 0.15) is 57.6 Å². The number of thioether (sulfide) groups is 2. The first-order valence-electron chi connectivity index (χ1n) is 30.8. The zero-order valence-corrected chi connectivity index (χ0v) is 67.2. The molecule has 0 saturated heterocycles. The van der Waals surface area contributed by atoms with Gasteiger partial charge in [0.25, 0.3) is 0 Å². The molecule has 0 saturated carbocycles. The first-order chi connectivity index (χ1) is 50.5. The summed E-state index contributed by atoms with van der Waals surface area (Å²) in [4.78, 5) is 96.8. The summed E-state index contributed by atoms with van der Waals surface area (Å²) in [6.45, 7) is 9.36. The molecular weight excluding hydrogens is 1590 g/mol. The molecule has 0 radical (unpaired) electrons. The molecule has 46 heteroatoms. The molecule has 30 nitrogen and oxygen atoms in total. The van der Waals surface area contributed by atoms with Gasteiger partial charge in [0.15, 0.2) is 10.8 Å². The Bertz CT molecular complexity index is 4190. The topological polar surface area (TPSA) is 473 Å². The van der Waals surface area contributed by atoms with Crippen molar-refractivity contribution in [2.75, 3.05) is 125 Å². The number of carboxylic acid groups (broad SMARTS) is 2. The van der Waals surface area contributed by atoms with Crippen LogP contribution in [0.25, 0.3) is 0 Å². The Kier molecular flexibility index (Phi) is 46.8. The third-order valence-corrected chi connectivity index (χ3v) is 14.0. The number of carbonyl (C=O) groups is 7. The van der Waals surface area contributed by atoms with Crippen molar-refractivity contribution < 1.29 is 145 Å². The van der Waals surface area contributed by atoms with Gasteiger partial charge in [0.2, 0.25) is 29.6 Å². The minimum absolute atomic E-state index is 0. The van der Waals surface area contributed by atoms with Gasteiger partial charge in [-0.05, 0) is 141 Å². The van der Waals surface area contributed by atoms with Crippen molar-refractivity contribution in [2.45, 2.75) is 92.5 Å². The number of carboxylic acids is 2. The van der Waals surface area contributed by atoms with Gasteiger partial charge < -0.3 is 83.6 Å². The normalized spacial score (nSPS) is 11.0. The van der Waals surface area contributed by atoms with Gasteiger partial charge in [-0.25, -0.2) is 24.5 Å². The van der Waals surface area contributed by atoms with Crippen molar-refractivity contribution in [2.24, 2.45) is 0 Å². The molecule has 0 aliphatic rings.